The number of likely N-dealkylation sites (N-methyl/N-ethyl adjacent to an activating group) is 1. The fourth-order valence-electron chi connectivity index (χ4n) is 1.73. The van der Waals surface area contributed by atoms with Crippen molar-refractivity contribution in [1.82, 2.24) is 10.2 Å². The number of amides is 1. The summed E-state index contributed by atoms with van der Waals surface area (Å²) in [5, 5.41) is 2.95. The van der Waals surface area contributed by atoms with E-state index in [2.05, 4.69) is 10.2 Å². The minimum atomic E-state index is 0.186. The minimum absolute atomic E-state index is 0.186. The van der Waals surface area contributed by atoms with Gasteiger partial charge < -0.3 is 15.0 Å². The Morgan fingerprint density at radius 3 is 2.58 bits per heavy atom. The van der Waals surface area contributed by atoms with Crippen molar-refractivity contribution in [2.24, 2.45) is 5.92 Å². The fraction of sp³-hybridized carbons (Fsp3) is 0.533. The Labute approximate surface area is 114 Å². The number of nitrogens with one attached hydrogen (secondary N) is 1. The third kappa shape index (κ3) is 4.91. The highest BCUT2D eigenvalue weighted by atomic mass is 16.5. The summed E-state index contributed by atoms with van der Waals surface area (Å²) in [6.45, 7) is 2.19. The van der Waals surface area contributed by atoms with Crippen LogP contribution in [-0.2, 0) is 11.3 Å². The van der Waals surface area contributed by atoms with Gasteiger partial charge in [0.25, 0.3) is 0 Å². The molecule has 1 aliphatic carbocycles. The maximum atomic E-state index is 11.5. The molecule has 104 valence electrons. The van der Waals surface area contributed by atoms with Crippen LogP contribution in [0, 0.1) is 5.92 Å². The Bertz CT molecular complexity index is 411. The molecule has 0 bridgehead atoms. The van der Waals surface area contributed by atoms with Crippen molar-refractivity contribution in [1.29, 1.82) is 0 Å². The smallest absolute Gasteiger partial charge is 0.223 e. The first-order valence-corrected chi connectivity index (χ1v) is 6.79. The van der Waals surface area contributed by atoms with E-state index < -0.39 is 0 Å². The summed E-state index contributed by atoms with van der Waals surface area (Å²) in [7, 11) is 4.05. The molecule has 0 aliphatic heterocycles. The monoisotopic (exact) mass is 262 g/mol. The molecule has 1 N–H and O–H groups in total. The van der Waals surface area contributed by atoms with E-state index in [0.717, 1.165) is 30.7 Å². The summed E-state index contributed by atoms with van der Waals surface area (Å²) in [5.41, 5.74) is 1.11. The van der Waals surface area contributed by atoms with Gasteiger partial charge in [0.05, 0.1) is 0 Å². The summed E-state index contributed by atoms with van der Waals surface area (Å²) >= 11 is 0. The molecule has 1 amide bonds. The van der Waals surface area contributed by atoms with Gasteiger partial charge in [-0.05, 0) is 44.6 Å². The Kier molecular flexibility index (Phi) is 4.80. The van der Waals surface area contributed by atoms with Crippen molar-refractivity contribution < 1.29 is 9.53 Å². The lowest BCUT2D eigenvalue weighted by Crippen LogP contribution is -2.24. The molecular weight excluding hydrogens is 240 g/mol. The molecule has 4 nitrogen and oxygen atoms in total. The average molecular weight is 262 g/mol. The van der Waals surface area contributed by atoms with Crippen LogP contribution in [0.5, 0.6) is 5.75 Å². The first kappa shape index (κ1) is 13.9. The second-order valence-electron chi connectivity index (χ2n) is 5.29. The molecule has 19 heavy (non-hydrogen) atoms. The van der Waals surface area contributed by atoms with Gasteiger partial charge in [0.2, 0.25) is 5.91 Å². The zero-order valence-electron chi connectivity index (χ0n) is 11.7. The van der Waals surface area contributed by atoms with Crippen LogP contribution in [0.3, 0.4) is 0 Å². The van der Waals surface area contributed by atoms with E-state index in [1.165, 1.54) is 0 Å². The molecule has 0 saturated heterocycles. The Morgan fingerprint density at radius 2 is 2.00 bits per heavy atom. The van der Waals surface area contributed by atoms with Crippen LogP contribution in [0.15, 0.2) is 24.3 Å². The first-order valence-electron chi connectivity index (χ1n) is 6.79. The zero-order chi connectivity index (χ0) is 13.7. The normalized spacial score (nSPS) is 14.5. The maximum absolute atomic E-state index is 11.5. The van der Waals surface area contributed by atoms with Gasteiger partial charge in [0.1, 0.15) is 12.4 Å². The van der Waals surface area contributed by atoms with Crippen molar-refractivity contribution in [2.45, 2.75) is 19.4 Å². The van der Waals surface area contributed by atoms with Gasteiger partial charge in [0.15, 0.2) is 0 Å². The number of hydrogen-bond acceptors (Lipinski definition) is 3. The summed E-state index contributed by atoms with van der Waals surface area (Å²) in [5.74, 6) is 1.33. The van der Waals surface area contributed by atoms with Crippen LogP contribution in [0.1, 0.15) is 18.4 Å². The van der Waals surface area contributed by atoms with Crippen LogP contribution in [0.4, 0.5) is 0 Å². The molecule has 1 fully saturated rings. The summed E-state index contributed by atoms with van der Waals surface area (Å²) in [4.78, 5) is 13.6. The second kappa shape index (κ2) is 6.57. The van der Waals surface area contributed by atoms with Crippen LogP contribution in [-0.4, -0.2) is 38.1 Å². The van der Waals surface area contributed by atoms with Crippen LogP contribution in [0.25, 0.3) is 0 Å². The van der Waals surface area contributed by atoms with Crippen LogP contribution < -0.4 is 10.1 Å². The molecule has 0 spiro atoms. The van der Waals surface area contributed by atoms with Crippen molar-refractivity contribution in [2.75, 3.05) is 27.2 Å². The van der Waals surface area contributed by atoms with E-state index >= 15 is 0 Å². The van der Waals surface area contributed by atoms with Gasteiger partial charge >= 0.3 is 0 Å². The molecule has 0 radical (unpaired) electrons. The average Bonchev–Trinajstić information content (AvgIpc) is 3.21. The Morgan fingerprint density at radius 1 is 1.32 bits per heavy atom. The van der Waals surface area contributed by atoms with Gasteiger partial charge in [-0.2, -0.15) is 0 Å². The fourth-order valence-corrected chi connectivity index (χ4v) is 1.73. The molecule has 0 atom stereocenters. The number of rotatable bonds is 7. The predicted octanol–water partition coefficient (Wildman–Crippen LogP) is 1.65. The second-order valence-corrected chi connectivity index (χ2v) is 5.29. The number of carbonyl (C=O) groups excluding carboxylic acids is 1. The summed E-state index contributed by atoms with van der Waals surface area (Å²) in [6, 6.07) is 7.90. The number of hydrogen-bond donors (Lipinski definition) is 1. The minimum Gasteiger partial charge on any atom is -0.492 e. The van der Waals surface area contributed by atoms with Crippen molar-refractivity contribution in [3.05, 3.63) is 29.8 Å². The van der Waals surface area contributed by atoms with E-state index in [9.17, 15) is 4.79 Å². The SMILES string of the molecule is CN(C)CCOc1ccc(CNC(=O)C2CC2)cc1. The first-order chi connectivity index (χ1) is 9.15. The molecule has 1 aromatic rings. The third-order valence-electron chi connectivity index (χ3n) is 3.15. The lowest BCUT2D eigenvalue weighted by molar-refractivity contribution is -0.122. The van der Waals surface area contributed by atoms with Crippen molar-refractivity contribution >= 4 is 5.91 Å². The summed E-state index contributed by atoms with van der Waals surface area (Å²) in [6.07, 6.45) is 2.09. The summed E-state index contributed by atoms with van der Waals surface area (Å²) < 4.78 is 5.62. The maximum Gasteiger partial charge on any atom is 0.223 e. The number of carbonyl (C=O) groups is 1. The Hall–Kier alpha value is -1.55. The number of ether oxygens (including phenoxy) is 1. The molecule has 0 aromatic heterocycles. The van der Waals surface area contributed by atoms with E-state index in [4.69, 9.17) is 4.74 Å². The zero-order valence-corrected chi connectivity index (χ0v) is 11.7. The van der Waals surface area contributed by atoms with Gasteiger partial charge in [-0.1, -0.05) is 12.1 Å². The van der Waals surface area contributed by atoms with E-state index in [1.807, 2.05) is 38.4 Å². The van der Waals surface area contributed by atoms with Gasteiger partial charge in [-0.15, -0.1) is 0 Å². The standard InChI is InChI=1S/C15H22N2O2/c1-17(2)9-10-19-14-7-3-12(4-8-14)11-16-15(18)13-5-6-13/h3-4,7-8,13H,5-6,9-11H2,1-2H3,(H,16,18). The predicted molar refractivity (Wildman–Crippen MR) is 75.1 cm³/mol. The largest absolute Gasteiger partial charge is 0.492 e. The lowest BCUT2D eigenvalue weighted by atomic mass is 10.2. The Balaban J connectivity index is 1.72. The number of benzene rings is 1. The van der Waals surface area contributed by atoms with E-state index in [-0.39, 0.29) is 11.8 Å². The highest BCUT2D eigenvalue weighted by Gasteiger charge is 2.29. The van der Waals surface area contributed by atoms with Crippen LogP contribution >= 0.6 is 0 Å². The molecule has 2 rings (SSSR count). The highest BCUT2D eigenvalue weighted by molar-refractivity contribution is 5.80. The van der Waals surface area contributed by atoms with Crippen molar-refractivity contribution in [3.63, 3.8) is 0 Å². The van der Waals surface area contributed by atoms with Crippen LogP contribution in [0.2, 0.25) is 0 Å². The van der Waals surface area contributed by atoms with E-state index in [1.54, 1.807) is 0 Å². The van der Waals surface area contributed by atoms with Gasteiger partial charge in [-0.25, -0.2) is 0 Å². The highest BCUT2D eigenvalue weighted by Crippen LogP contribution is 2.28. The molecular formula is C15H22N2O2. The molecule has 0 unspecified atom stereocenters. The molecule has 1 aromatic carbocycles. The molecule has 1 aliphatic rings. The topological polar surface area (TPSA) is 41.6 Å². The quantitative estimate of drug-likeness (QED) is 0.812. The van der Waals surface area contributed by atoms with E-state index in [0.29, 0.717) is 13.2 Å². The third-order valence-corrected chi connectivity index (χ3v) is 3.15. The van der Waals surface area contributed by atoms with Gasteiger partial charge in [-0.3, -0.25) is 4.79 Å². The lowest BCUT2D eigenvalue weighted by Gasteiger charge is -2.11. The molecule has 4 heteroatoms. The molecule has 0 heterocycles. The van der Waals surface area contributed by atoms with Gasteiger partial charge in [0, 0.05) is 19.0 Å². The number of nitrogens with zero attached hydrogens (tertiary/aromatic N) is 1. The molecule has 1 saturated carbocycles. The van der Waals surface area contributed by atoms with Crippen molar-refractivity contribution in [3.8, 4) is 5.75 Å².